The number of phenols is 1. The van der Waals surface area contributed by atoms with Crippen molar-refractivity contribution in [3.63, 3.8) is 0 Å². The minimum Gasteiger partial charge on any atom is -0.507 e. The fourth-order valence-corrected chi connectivity index (χ4v) is 6.28. The molecule has 0 amide bonds. The number of hydrogen-bond acceptors (Lipinski definition) is 5. The Balaban J connectivity index is 1.92. The Morgan fingerprint density at radius 2 is 1.20 bits per heavy atom. The summed E-state index contributed by atoms with van der Waals surface area (Å²) in [7, 11) is 0. The van der Waals surface area contributed by atoms with Gasteiger partial charge in [0.15, 0.2) is 0 Å². The summed E-state index contributed by atoms with van der Waals surface area (Å²) < 4.78 is 6.02. The maximum absolute atomic E-state index is 13.1. The van der Waals surface area contributed by atoms with Crippen LogP contribution < -0.4 is 4.74 Å². The van der Waals surface area contributed by atoms with Crippen molar-refractivity contribution < 1.29 is 24.5 Å². The summed E-state index contributed by atoms with van der Waals surface area (Å²) in [6, 6.07) is 9.99. The molecule has 0 aromatic heterocycles. The van der Waals surface area contributed by atoms with E-state index in [9.17, 15) is 14.7 Å². The number of hydrogen-bond donors (Lipinski definition) is 2. The molecule has 6 heteroatoms. The van der Waals surface area contributed by atoms with Crippen LogP contribution in [0.1, 0.15) is 107 Å². The van der Waals surface area contributed by atoms with Crippen molar-refractivity contribution in [2.24, 2.45) is 0 Å². The lowest BCUT2D eigenvalue weighted by Crippen LogP contribution is -2.19. The predicted molar refractivity (Wildman–Crippen MR) is 164 cm³/mol. The third kappa shape index (κ3) is 6.72. The fourth-order valence-electron chi connectivity index (χ4n) is 4.88. The second kappa shape index (κ2) is 11.7. The summed E-state index contributed by atoms with van der Waals surface area (Å²) in [5.74, 6) is 0.842. The number of benzene rings is 3. The zero-order valence-corrected chi connectivity index (χ0v) is 26.2. The van der Waals surface area contributed by atoms with E-state index in [0.29, 0.717) is 17.1 Å². The van der Waals surface area contributed by atoms with Crippen molar-refractivity contribution in [3.8, 4) is 11.5 Å². The van der Waals surface area contributed by atoms with Gasteiger partial charge >= 0.3 is 11.9 Å². The number of thioether (sulfide) groups is 1. The van der Waals surface area contributed by atoms with E-state index in [1.54, 1.807) is 11.8 Å². The van der Waals surface area contributed by atoms with Gasteiger partial charge in [-0.25, -0.2) is 9.59 Å². The topological polar surface area (TPSA) is 83.8 Å². The Labute approximate surface area is 243 Å². The van der Waals surface area contributed by atoms with Crippen molar-refractivity contribution in [1.29, 1.82) is 0 Å². The Kier molecular flexibility index (Phi) is 9.15. The molecule has 0 saturated heterocycles. The molecule has 0 radical (unpaired) electrons. The molecule has 0 saturated carbocycles. The average Bonchev–Trinajstić information content (AvgIpc) is 2.85. The van der Waals surface area contributed by atoms with Gasteiger partial charge in [-0.2, -0.15) is 11.8 Å². The third-order valence-electron chi connectivity index (χ3n) is 7.45. The van der Waals surface area contributed by atoms with Crippen molar-refractivity contribution in [1.82, 2.24) is 0 Å². The van der Waals surface area contributed by atoms with Gasteiger partial charge < -0.3 is 14.9 Å². The molecule has 0 aliphatic carbocycles. The van der Waals surface area contributed by atoms with Gasteiger partial charge in [0.05, 0.1) is 11.1 Å². The molecule has 0 aliphatic heterocycles. The third-order valence-corrected chi connectivity index (χ3v) is 8.43. The monoisotopic (exact) mass is 562 g/mol. The van der Waals surface area contributed by atoms with Crippen molar-refractivity contribution in [3.05, 3.63) is 92.0 Å². The van der Waals surface area contributed by atoms with Crippen LogP contribution in [0, 0.1) is 27.7 Å². The quantitative estimate of drug-likeness (QED) is 0.222. The smallest absolute Gasteiger partial charge is 0.343 e. The zero-order chi connectivity index (χ0) is 30.2. The molecule has 0 unspecified atom stereocenters. The summed E-state index contributed by atoms with van der Waals surface area (Å²) in [6.07, 6.45) is 0. The van der Waals surface area contributed by atoms with E-state index in [2.05, 4.69) is 67.5 Å². The summed E-state index contributed by atoms with van der Waals surface area (Å²) >= 11 is 1.77. The van der Waals surface area contributed by atoms with Crippen LogP contribution in [-0.2, 0) is 22.3 Å². The molecule has 0 heterocycles. The van der Waals surface area contributed by atoms with Crippen molar-refractivity contribution >= 4 is 23.7 Å². The number of phenolic OH excluding ortho intramolecular Hbond substituents is 1. The maximum atomic E-state index is 13.1. The second-order valence-electron chi connectivity index (χ2n) is 12.6. The molecule has 3 aromatic rings. The van der Waals surface area contributed by atoms with Crippen molar-refractivity contribution in [2.45, 2.75) is 91.6 Å². The first kappa shape index (κ1) is 31.3. The van der Waals surface area contributed by atoms with E-state index in [1.807, 2.05) is 13.8 Å². The molecule has 0 fully saturated rings. The minimum absolute atomic E-state index is 0.115. The zero-order valence-electron chi connectivity index (χ0n) is 25.4. The number of esters is 1. The van der Waals surface area contributed by atoms with Crippen molar-refractivity contribution in [2.75, 3.05) is 0 Å². The van der Waals surface area contributed by atoms with Gasteiger partial charge in [0.25, 0.3) is 0 Å². The second-order valence-corrected chi connectivity index (χ2v) is 13.6. The predicted octanol–water partition coefficient (Wildman–Crippen LogP) is 8.57. The van der Waals surface area contributed by atoms with Gasteiger partial charge in [0.2, 0.25) is 0 Å². The molecular formula is C34H42O5S. The van der Waals surface area contributed by atoms with E-state index in [4.69, 9.17) is 9.84 Å². The molecule has 214 valence electrons. The molecular weight excluding hydrogens is 520 g/mol. The first-order valence-corrected chi connectivity index (χ1v) is 14.7. The van der Waals surface area contributed by atoms with Crippen LogP contribution >= 0.6 is 11.8 Å². The summed E-state index contributed by atoms with van der Waals surface area (Å²) in [5.41, 5.74) is 8.35. The van der Waals surface area contributed by atoms with Gasteiger partial charge in [0.1, 0.15) is 11.5 Å². The minimum atomic E-state index is -1.04. The van der Waals surface area contributed by atoms with Crippen LogP contribution in [-0.4, -0.2) is 22.2 Å². The Morgan fingerprint density at radius 3 is 1.68 bits per heavy atom. The number of ether oxygens (including phenoxy) is 1. The normalized spacial score (nSPS) is 11.9. The van der Waals surface area contributed by atoms with E-state index < -0.39 is 11.9 Å². The molecule has 0 aliphatic rings. The van der Waals surface area contributed by atoms with E-state index in [-0.39, 0.29) is 16.4 Å². The number of aromatic hydroxyl groups is 1. The van der Waals surface area contributed by atoms with Gasteiger partial charge in [-0.1, -0.05) is 53.7 Å². The fraction of sp³-hybridized carbons (Fsp3) is 0.412. The molecule has 3 aromatic carbocycles. The van der Waals surface area contributed by atoms with E-state index in [0.717, 1.165) is 50.4 Å². The first-order chi connectivity index (χ1) is 18.4. The SMILES string of the molecule is Cc1cc(C(C)(C)C)c(O)c(C)c1CSCc1c(C)cc(C(C)(C)C)c(OC(=O)c2ccc(C(=O)O)cc2)c1C. The Bertz CT molecular complexity index is 1440. The lowest BCUT2D eigenvalue weighted by Gasteiger charge is -2.27. The molecule has 0 spiro atoms. The first-order valence-electron chi connectivity index (χ1n) is 13.5. The van der Waals surface area contributed by atoms with Crippen LogP contribution in [0.5, 0.6) is 11.5 Å². The maximum Gasteiger partial charge on any atom is 0.343 e. The molecule has 40 heavy (non-hydrogen) atoms. The van der Waals surface area contributed by atoms with Crippen LogP contribution in [0.2, 0.25) is 0 Å². The number of aryl methyl sites for hydroxylation is 2. The Hall–Kier alpha value is -3.25. The standard InChI is InChI=1S/C34H42O5S/c1-19-15-27(33(5,6)7)29(35)21(3)25(19)17-40-18-26-20(2)16-28(34(8,9)10)30(22(26)4)39-32(38)24-13-11-23(12-14-24)31(36)37/h11-16,35H,17-18H2,1-10H3,(H,36,37). The van der Waals surface area contributed by atoms with E-state index in [1.165, 1.54) is 29.8 Å². The van der Waals surface area contributed by atoms with Gasteiger partial charge in [-0.15, -0.1) is 0 Å². The number of carboxylic acids is 1. The molecule has 5 nitrogen and oxygen atoms in total. The molecule has 3 rings (SSSR count). The van der Waals surface area contributed by atoms with Crippen LogP contribution in [0.15, 0.2) is 36.4 Å². The molecule has 2 N–H and O–H groups in total. The highest BCUT2D eigenvalue weighted by Gasteiger charge is 2.26. The lowest BCUT2D eigenvalue weighted by molar-refractivity contribution is 0.0691. The highest BCUT2D eigenvalue weighted by Crippen LogP contribution is 2.41. The van der Waals surface area contributed by atoms with Gasteiger partial charge in [-0.3, -0.25) is 0 Å². The molecule has 0 bridgehead atoms. The summed E-state index contributed by atoms with van der Waals surface area (Å²) in [4.78, 5) is 24.3. The average molecular weight is 563 g/mol. The lowest BCUT2D eigenvalue weighted by atomic mass is 9.83. The number of carboxylic acid groups (broad SMARTS) is 1. The highest BCUT2D eigenvalue weighted by molar-refractivity contribution is 7.97. The number of carbonyl (C=O) groups excluding carboxylic acids is 1. The van der Waals surface area contributed by atoms with Crippen LogP contribution in [0.3, 0.4) is 0 Å². The van der Waals surface area contributed by atoms with Crippen LogP contribution in [0.25, 0.3) is 0 Å². The number of carbonyl (C=O) groups is 2. The number of rotatable bonds is 7. The van der Waals surface area contributed by atoms with E-state index >= 15 is 0 Å². The summed E-state index contributed by atoms with van der Waals surface area (Å²) in [5, 5.41) is 20.1. The van der Waals surface area contributed by atoms with Gasteiger partial charge in [-0.05, 0) is 102 Å². The number of aromatic carboxylic acids is 1. The van der Waals surface area contributed by atoms with Gasteiger partial charge in [0, 0.05) is 17.1 Å². The van der Waals surface area contributed by atoms with Crippen LogP contribution in [0.4, 0.5) is 0 Å². The summed E-state index contributed by atoms with van der Waals surface area (Å²) in [6.45, 7) is 20.8. The largest absolute Gasteiger partial charge is 0.507 e. The molecule has 0 atom stereocenters. The highest BCUT2D eigenvalue weighted by atomic mass is 32.2. The Morgan fingerprint density at radius 1 is 0.750 bits per heavy atom.